The Balaban J connectivity index is 3.40. The zero-order valence-electron chi connectivity index (χ0n) is 6.42. The lowest BCUT2D eigenvalue weighted by Gasteiger charge is -2.59. The Bertz CT molecular complexity index is 279. The standard InChI is InChI=1S/C4H6F7NS2/c5-3(6)4(7,13)12-1-2-14(3,8,9,10)11/h12-13H,1-2H2. The van der Waals surface area contributed by atoms with Crippen molar-refractivity contribution in [2.45, 2.75) is 10.4 Å². The molecule has 0 saturated carbocycles. The van der Waals surface area contributed by atoms with Crippen LogP contribution in [0.1, 0.15) is 0 Å². The molecule has 0 aliphatic carbocycles. The summed E-state index contributed by atoms with van der Waals surface area (Å²) in [7, 11) is -9.71. The number of hydrogen-bond acceptors (Lipinski definition) is 2. The predicted octanol–water partition coefficient (Wildman–Crippen LogP) is 3.15. The Labute approximate surface area is 79.9 Å². The second kappa shape index (κ2) is 2.14. The van der Waals surface area contributed by atoms with Gasteiger partial charge < -0.3 is 0 Å². The summed E-state index contributed by atoms with van der Waals surface area (Å²) in [5.74, 6) is -2.38. The van der Waals surface area contributed by atoms with E-state index < -0.39 is 32.5 Å². The summed E-state index contributed by atoms with van der Waals surface area (Å²) in [6.07, 6.45) is 0. The highest BCUT2D eigenvalue weighted by atomic mass is 32.5. The van der Waals surface area contributed by atoms with E-state index in [1.54, 1.807) is 0 Å². The number of nitrogens with one attached hydrogen (secondary N) is 1. The van der Waals surface area contributed by atoms with Gasteiger partial charge in [-0.15, -0.1) is 28.2 Å². The summed E-state index contributed by atoms with van der Waals surface area (Å²) in [6, 6.07) is 0. The maximum Gasteiger partial charge on any atom is 0.409 e. The third-order valence-corrected chi connectivity index (χ3v) is 4.86. The van der Waals surface area contributed by atoms with E-state index in [-0.39, 0.29) is 0 Å². The van der Waals surface area contributed by atoms with E-state index in [1.165, 1.54) is 5.32 Å². The number of alkyl halides is 3. The van der Waals surface area contributed by atoms with Crippen LogP contribution in [0.3, 0.4) is 0 Å². The van der Waals surface area contributed by atoms with Gasteiger partial charge in [0.2, 0.25) is 9.84 Å². The van der Waals surface area contributed by atoms with Crippen LogP contribution in [0.5, 0.6) is 0 Å². The molecule has 0 aromatic heterocycles. The molecule has 0 aromatic rings. The normalized spacial score (nSPS) is 48.0. The molecule has 0 amide bonds. The van der Waals surface area contributed by atoms with E-state index in [2.05, 4.69) is 12.6 Å². The molecule has 1 rings (SSSR count). The molecule has 0 radical (unpaired) electrons. The zero-order chi connectivity index (χ0) is 11.5. The summed E-state index contributed by atoms with van der Waals surface area (Å²) < 4.78 is 88.1. The van der Waals surface area contributed by atoms with E-state index in [1.807, 2.05) is 0 Å². The van der Waals surface area contributed by atoms with Crippen molar-refractivity contribution < 1.29 is 28.7 Å². The van der Waals surface area contributed by atoms with Crippen LogP contribution >= 0.6 is 22.5 Å². The first-order chi connectivity index (χ1) is 5.73. The Morgan fingerprint density at radius 3 is 1.79 bits per heavy atom. The van der Waals surface area contributed by atoms with Crippen molar-refractivity contribution in [1.82, 2.24) is 5.32 Å². The molecule has 10 heteroatoms. The van der Waals surface area contributed by atoms with E-state index >= 15 is 0 Å². The van der Waals surface area contributed by atoms with Crippen LogP contribution in [0.15, 0.2) is 0 Å². The Morgan fingerprint density at radius 1 is 1.07 bits per heavy atom. The van der Waals surface area contributed by atoms with Crippen molar-refractivity contribution in [3.05, 3.63) is 0 Å². The molecule has 1 atom stereocenters. The molecule has 0 aromatic carbocycles. The van der Waals surface area contributed by atoms with Crippen LogP contribution < -0.4 is 5.32 Å². The van der Waals surface area contributed by atoms with Crippen molar-refractivity contribution in [3.63, 3.8) is 0 Å². The molecule has 0 spiro atoms. The van der Waals surface area contributed by atoms with Crippen LogP contribution in [-0.2, 0) is 0 Å². The third-order valence-electron chi connectivity index (χ3n) is 1.83. The molecule has 1 N–H and O–H groups in total. The van der Waals surface area contributed by atoms with Gasteiger partial charge in [0, 0.05) is 6.54 Å². The van der Waals surface area contributed by atoms with Gasteiger partial charge in [-0.25, -0.2) is 4.39 Å². The van der Waals surface area contributed by atoms with Gasteiger partial charge in [0.1, 0.15) is 0 Å². The zero-order valence-corrected chi connectivity index (χ0v) is 8.13. The van der Waals surface area contributed by atoms with E-state index in [9.17, 15) is 28.7 Å². The number of halogens is 7. The first-order valence-electron chi connectivity index (χ1n) is 3.25. The van der Waals surface area contributed by atoms with Crippen molar-refractivity contribution >= 4 is 22.5 Å². The number of rotatable bonds is 0. The van der Waals surface area contributed by atoms with E-state index in [0.29, 0.717) is 0 Å². The second-order valence-corrected chi connectivity index (χ2v) is 7.02. The molecule has 14 heavy (non-hydrogen) atoms. The SMILES string of the molecule is FC1(S)NCCS(F)(F)(F)(F)C1(F)F. The van der Waals surface area contributed by atoms with Gasteiger partial charge in [0.05, 0.1) is 5.75 Å². The van der Waals surface area contributed by atoms with Gasteiger partial charge in [0.25, 0.3) is 5.12 Å². The maximum absolute atomic E-state index is 12.7. The van der Waals surface area contributed by atoms with Crippen LogP contribution in [0, 0.1) is 0 Å². The average molecular weight is 265 g/mol. The van der Waals surface area contributed by atoms with Gasteiger partial charge in [0.15, 0.2) is 0 Å². The summed E-state index contributed by atoms with van der Waals surface area (Å²) in [5, 5.41) is -9.35. The number of thiol groups is 1. The van der Waals surface area contributed by atoms with Gasteiger partial charge in [-0.2, -0.15) is 8.78 Å². The van der Waals surface area contributed by atoms with Crippen LogP contribution in [0.25, 0.3) is 0 Å². The summed E-state index contributed by atoms with van der Waals surface area (Å²) in [6.45, 7) is -1.27. The molecule has 1 unspecified atom stereocenters. The highest BCUT2D eigenvalue weighted by Gasteiger charge is 2.89. The van der Waals surface area contributed by atoms with Crippen molar-refractivity contribution in [1.29, 1.82) is 0 Å². The minimum Gasteiger partial charge on any atom is -0.269 e. The average Bonchev–Trinajstić information content (AvgIpc) is 1.79. The molecule has 1 aliphatic heterocycles. The monoisotopic (exact) mass is 265 g/mol. The van der Waals surface area contributed by atoms with E-state index in [4.69, 9.17) is 0 Å². The van der Waals surface area contributed by atoms with Crippen LogP contribution in [0.4, 0.5) is 28.7 Å². The van der Waals surface area contributed by atoms with Crippen LogP contribution in [0.2, 0.25) is 0 Å². The minimum absolute atomic E-state index is 1.17. The molecular formula is C4H6F7NS2. The summed E-state index contributed by atoms with van der Waals surface area (Å²) in [5.41, 5.74) is 0. The topological polar surface area (TPSA) is 12.0 Å². The third kappa shape index (κ3) is 1.30. The molecule has 88 valence electrons. The number of hydrogen-bond donors (Lipinski definition) is 2. The fourth-order valence-electron chi connectivity index (χ4n) is 0.953. The van der Waals surface area contributed by atoms with Crippen molar-refractivity contribution in [2.75, 3.05) is 12.3 Å². The quantitative estimate of drug-likeness (QED) is 0.389. The smallest absolute Gasteiger partial charge is 0.269 e. The maximum atomic E-state index is 12.7. The summed E-state index contributed by atoms with van der Waals surface area (Å²) in [4.78, 5) is 0. The Kier molecular flexibility index (Phi) is 1.87. The molecule has 1 aliphatic rings. The Hall–Kier alpha value is 0.170. The molecular weight excluding hydrogens is 259 g/mol. The minimum atomic E-state index is -9.71. The fourth-order valence-corrected chi connectivity index (χ4v) is 3.11. The molecule has 1 nitrogen and oxygen atoms in total. The van der Waals surface area contributed by atoms with Gasteiger partial charge in [-0.3, -0.25) is 5.32 Å². The molecule has 1 heterocycles. The van der Waals surface area contributed by atoms with Crippen LogP contribution in [-0.4, -0.2) is 22.7 Å². The van der Waals surface area contributed by atoms with Crippen molar-refractivity contribution in [3.8, 4) is 0 Å². The molecule has 1 fully saturated rings. The summed E-state index contributed by atoms with van der Waals surface area (Å²) >= 11 is 2.46. The highest BCUT2D eigenvalue weighted by Crippen LogP contribution is 3.04. The Morgan fingerprint density at radius 2 is 1.50 bits per heavy atom. The lowest BCUT2D eigenvalue weighted by molar-refractivity contribution is -0.0623. The first kappa shape index (κ1) is 12.2. The lowest BCUT2D eigenvalue weighted by Crippen LogP contribution is -2.64. The van der Waals surface area contributed by atoms with Crippen molar-refractivity contribution in [2.24, 2.45) is 0 Å². The van der Waals surface area contributed by atoms with Gasteiger partial charge in [-0.05, 0) is 0 Å². The van der Waals surface area contributed by atoms with Gasteiger partial charge in [-0.1, -0.05) is 0 Å². The largest absolute Gasteiger partial charge is 0.409 e. The second-order valence-electron chi connectivity index (χ2n) is 3.01. The fraction of sp³-hybridized carbons (Fsp3) is 1.00. The highest BCUT2D eigenvalue weighted by molar-refractivity contribution is 8.50. The molecule has 0 bridgehead atoms. The van der Waals surface area contributed by atoms with E-state index in [0.717, 1.165) is 0 Å². The first-order valence-corrected chi connectivity index (χ1v) is 5.92. The predicted molar refractivity (Wildman–Crippen MR) is 42.7 cm³/mol. The lowest BCUT2D eigenvalue weighted by atomic mass is 10.5. The van der Waals surface area contributed by atoms with Gasteiger partial charge >= 0.3 is 5.25 Å². The molecule has 1 saturated heterocycles.